The van der Waals surface area contributed by atoms with Crippen molar-refractivity contribution in [2.75, 3.05) is 7.05 Å². The van der Waals surface area contributed by atoms with Gasteiger partial charge in [0.2, 0.25) is 0 Å². The molecule has 0 spiro atoms. The molecule has 0 aromatic carbocycles. The van der Waals surface area contributed by atoms with E-state index in [2.05, 4.69) is 16.4 Å². The smallest absolute Gasteiger partial charge is 0.113 e. The van der Waals surface area contributed by atoms with E-state index in [1.165, 1.54) is 0 Å². The van der Waals surface area contributed by atoms with Gasteiger partial charge in [-0.25, -0.2) is 4.98 Å². The topological polar surface area (TPSA) is 53.6 Å². The van der Waals surface area contributed by atoms with Gasteiger partial charge in [0.05, 0.1) is 12.6 Å². The molecule has 0 bridgehead atoms. The molecule has 0 fully saturated rings. The highest BCUT2D eigenvalue weighted by atomic mass is 15.1. The monoisotopic (exact) mass is 164 g/mol. The Morgan fingerprint density at radius 3 is 3.00 bits per heavy atom. The van der Waals surface area contributed by atoms with Crippen LogP contribution < -0.4 is 5.32 Å². The summed E-state index contributed by atoms with van der Waals surface area (Å²) in [4.78, 5) is 4.06. The lowest BCUT2D eigenvalue weighted by atomic mass is 10.3. The predicted molar refractivity (Wildman–Crippen MR) is 45.4 cm³/mol. The summed E-state index contributed by atoms with van der Waals surface area (Å²) >= 11 is 0. The second kappa shape index (κ2) is 3.88. The Morgan fingerprint density at radius 1 is 1.83 bits per heavy atom. The third kappa shape index (κ3) is 1.83. The molecule has 0 aliphatic rings. The molecule has 64 valence electrons. The fraction of sp³-hybridized carbons (Fsp3) is 0.500. The normalized spacial score (nSPS) is 12.4. The van der Waals surface area contributed by atoms with Crippen LogP contribution >= 0.6 is 0 Å². The van der Waals surface area contributed by atoms with Crippen LogP contribution in [0.3, 0.4) is 0 Å². The molecule has 4 heteroatoms. The average molecular weight is 164 g/mol. The van der Waals surface area contributed by atoms with Crippen molar-refractivity contribution in [2.45, 2.75) is 19.5 Å². The Morgan fingerprint density at radius 2 is 2.58 bits per heavy atom. The van der Waals surface area contributed by atoms with Crippen molar-refractivity contribution < 1.29 is 0 Å². The van der Waals surface area contributed by atoms with Crippen LogP contribution in [0.5, 0.6) is 0 Å². The third-order valence-corrected chi connectivity index (χ3v) is 1.81. The zero-order valence-electron chi connectivity index (χ0n) is 7.28. The van der Waals surface area contributed by atoms with E-state index < -0.39 is 0 Å². The maximum Gasteiger partial charge on any atom is 0.113 e. The molecule has 0 aliphatic carbocycles. The molecular weight excluding hydrogens is 152 g/mol. The Labute approximate surface area is 71.8 Å². The number of hydrogen-bond acceptors (Lipinski definition) is 3. The summed E-state index contributed by atoms with van der Waals surface area (Å²) in [6.45, 7) is 2.57. The number of likely N-dealkylation sites (N-methyl/N-ethyl adjacent to an activating group) is 1. The summed E-state index contributed by atoms with van der Waals surface area (Å²) in [5.74, 6) is 0.936. The van der Waals surface area contributed by atoms with Crippen molar-refractivity contribution in [1.29, 1.82) is 5.26 Å². The first-order valence-corrected chi connectivity index (χ1v) is 3.82. The molecule has 0 radical (unpaired) electrons. The molecule has 1 N–H and O–H groups in total. The van der Waals surface area contributed by atoms with Crippen LogP contribution in [0, 0.1) is 18.3 Å². The first-order chi connectivity index (χ1) is 5.77. The number of nitriles is 1. The second-order valence-electron chi connectivity index (χ2n) is 2.60. The van der Waals surface area contributed by atoms with Gasteiger partial charge in [-0.3, -0.25) is 0 Å². The molecular formula is C8H12N4. The van der Waals surface area contributed by atoms with Crippen molar-refractivity contribution in [3.05, 3.63) is 18.2 Å². The molecule has 1 rings (SSSR count). The van der Waals surface area contributed by atoms with Gasteiger partial charge < -0.3 is 9.88 Å². The van der Waals surface area contributed by atoms with Crippen molar-refractivity contribution in [3.63, 3.8) is 0 Å². The van der Waals surface area contributed by atoms with Gasteiger partial charge in [0, 0.05) is 12.4 Å². The zero-order chi connectivity index (χ0) is 8.97. The molecule has 12 heavy (non-hydrogen) atoms. The van der Waals surface area contributed by atoms with Gasteiger partial charge in [0.1, 0.15) is 11.9 Å². The molecule has 1 atom stereocenters. The van der Waals surface area contributed by atoms with Crippen LogP contribution in [0.1, 0.15) is 5.82 Å². The maximum absolute atomic E-state index is 8.67. The Balaban J connectivity index is 2.64. The highest BCUT2D eigenvalue weighted by molar-refractivity contribution is 4.95. The first-order valence-electron chi connectivity index (χ1n) is 3.82. The molecule has 4 nitrogen and oxygen atoms in total. The molecule has 0 saturated carbocycles. The summed E-state index contributed by atoms with van der Waals surface area (Å²) < 4.78 is 1.95. The van der Waals surface area contributed by atoms with Gasteiger partial charge in [0.15, 0.2) is 0 Å². The van der Waals surface area contributed by atoms with Crippen molar-refractivity contribution in [3.8, 4) is 6.07 Å². The van der Waals surface area contributed by atoms with Crippen LogP contribution in [0.4, 0.5) is 0 Å². The van der Waals surface area contributed by atoms with E-state index in [-0.39, 0.29) is 6.04 Å². The number of imidazole rings is 1. The van der Waals surface area contributed by atoms with Gasteiger partial charge in [-0.15, -0.1) is 0 Å². The lowest BCUT2D eigenvalue weighted by molar-refractivity contribution is 0.554. The first kappa shape index (κ1) is 8.75. The summed E-state index contributed by atoms with van der Waals surface area (Å²) in [5, 5.41) is 11.6. The average Bonchev–Trinajstić information content (AvgIpc) is 2.47. The van der Waals surface area contributed by atoms with Crippen LogP contribution in [-0.4, -0.2) is 22.6 Å². The predicted octanol–water partition coefficient (Wildman–Crippen LogP) is 0.303. The highest BCUT2D eigenvalue weighted by Crippen LogP contribution is 1.96. The molecule has 0 amide bonds. The lowest BCUT2D eigenvalue weighted by Crippen LogP contribution is -2.28. The van der Waals surface area contributed by atoms with Crippen LogP contribution in [0.15, 0.2) is 12.4 Å². The number of rotatable bonds is 3. The van der Waals surface area contributed by atoms with Crippen LogP contribution in [-0.2, 0) is 6.54 Å². The largest absolute Gasteiger partial charge is 0.333 e. The van der Waals surface area contributed by atoms with E-state index in [0.717, 1.165) is 5.82 Å². The third-order valence-electron chi connectivity index (χ3n) is 1.81. The van der Waals surface area contributed by atoms with Gasteiger partial charge >= 0.3 is 0 Å². The van der Waals surface area contributed by atoms with E-state index in [4.69, 9.17) is 5.26 Å². The molecule has 1 heterocycles. The van der Waals surface area contributed by atoms with E-state index in [9.17, 15) is 0 Å². The Bertz CT molecular complexity index is 283. The standard InChI is InChI=1S/C8H12N4/c1-7-11-3-4-12(7)6-8(5-9)10-2/h3-4,8,10H,6H2,1-2H3. The lowest BCUT2D eigenvalue weighted by Gasteiger charge is -2.09. The number of nitrogens with one attached hydrogen (secondary N) is 1. The minimum absolute atomic E-state index is 0.141. The molecule has 1 aromatic rings. The Kier molecular flexibility index (Phi) is 2.83. The fourth-order valence-corrected chi connectivity index (χ4v) is 0.990. The van der Waals surface area contributed by atoms with E-state index >= 15 is 0 Å². The fourth-order valence-electron chi connectivity index (χ4n) is 0.990. The summed E-state index contributed by atoms with van der Waals surface area (Å²) in [6, 6.07) is 2.02. The van der Waals surface area contributed by atoms with Gasteiger partial charge in [0.25, 0.3) is 0 Å². The SMILES string of the molecule is CNC(C#N)Cn1ccnc1C. The summed E-state index contributed by atoms with van der Waals surface area (Å²) in [7, 11) is 1.78. The quantitative estimate of drug-likeness (QED) is 0.699. The molecule has 1 unspecified atom stereocenters. The molecule has 0 aliphatic heterocycles. The number of nitrogens with zero attached hydrogens (tertiary/aromatic N) is 3. The van der Waals surface area contributed by atoms with Gasteiger partial charge in [-0.2, -0.15) is 5.26 Å². The highest BCUT2D eigenvalue weighted by Gasteiger charge is 2.05. The van der Waals surface area contributed by atoms with Crippen molar-refractivity contribution >= 4 is 0 Å². The van der Waals surface area contributed by atoms with Crippen LogP contribution in [0.2, 0.25) is 0 Å². The van der Waals surface area contributed by atoms with Crippen molar-refractivity contribution in [1.82, 2.24) is 14.9 Å². The van der Waals surface area contributed by atoms with E-state index in [0.29, 0.717) is 6.54 Å². The van der Waals surface area contributed by atoms with E-state index in [1.54, 1.807) is 13.2 Å². The van der Waals surface area contributed by atoms with Gasteiger partial charge in [-0.1, -0.05) is 0 Å². The van der Waals surface area contributed by atoms with Crippen molar-refractivity contribution in [2.24, 2.45) is 0 Å². The van der Waals surface area contributed by atoms with E-state index in [1.807, 2.05) is 17.7 Å². The number of aromatic nitrogens is 2. The molecule has 1 aromatic heterocycles. The zero-order valence-corrected chi connectivity index (χ0v) is 7.28. The Hall–Kier alpha value is -1.34. The minimum Gasteiger partial charge on any atom is -0.333 e. The second-order valence-corrected chi connectivity index (χ2v) is 2.60. The van der Waals surface area contributed by atoms with Gasteiger partial charge in [-0.05, 0) is 14.0 Å². The maximum atomic E-state index is 8.67. The van der Waals surface area contributed by atoms with Crippen LogP contribution in [0.25, 0.3) is 0 Å². The number of aryl methyl sites for hydroxylation is 1. The summed E-state index contributed by atoms with van der Waals surface area (Å²) in [6.07, 6.45) is 3.61. The number of hydrogen-bond donors (Lipinski definition) is 1. The minimum atomic E-state index is -0.141. The molecule has 0 saturated heterocycles. The summed E-state index contributed by atoms with van der Waals surface area (Å²) in [5.41, 5.74) is 0.